The van der Waals surface area contributed by atoms with Gasteiger partial charge >= 0.3 is 0 Å². The van der Waals surface area contributed by atoms with Crippen molar-refractivity contribution in [3.05, 3.63) is 48.6 Å². The molecule has 0 spiro atoms. The molecule has 5 heteroatoms. The number of aliphatic imine (C=N–C) groups is 1. The number of rotatable bonds is 6. The topological polar surface area (TPSA) is 70.7 Å². The third kappa shape index (κ3) is 5.77. The largest absolute Gasteiger partial charge is 0.370 e. The Labute approximate surface area is 138 Å². The molecule has 23 heavy (non-hydrogen) atoms. The van der Waals surface area contributed by atoms with Gasteiger partial charge < -0.3 is 16.0 Å². The van der Waals surface area contributed by atoms with Gasteiger partial charge in [-0.05, 0) is 30.7 Å². The molecule has 0 aliphatic carbocycles. The summed E-state index contributed by atoms with van der Waals surface area (Å²) in [5.74, 6) is 0.994. The van der Waals surface area contributed by atoms with E-state index in [4.69, 9.17) is 5.73 Å². The third-order valence-corrected chi connectivity index (χ3v) is 4.15. The van der Waals surface area contributed by atoms with Crippen LogP contribution in [0.2, 0.25) is 0 Å². The molecule has 1 aromatic carbocycles. The first kappa shape index (κ1) is 17.1. The van der Waals surface area contributed by atoms with Gasteiger partial charge in [0.25, 0.3) is 0 Å². The summed E-state index contributed by atoms with van der Waals surface area (Å²) in [5.41, 5.74) is 7.04. The Hall–Kier alpha value is -2.30. The van der Waals surface area contributed by atoms with Crippen molar-refractivity contribution in [3.63, 3.8) is 0 Å². The van der Waals surface area contributed by atoms with Crippen LogP contribution in [0.3, 0.4) is 0 Å². The summed E-state index contributed by atoms with van der Waals surface area (Å²) in [7, 11) is 0. The maximum Gasteiger partial charge on any atom is 0.244 e. The summed E-state index contributed by atoms with van der Waals surface area (Å²) in [6.45, 7) is 5.87. The minimum absolute atomic E-state index is 0.0477. The molecule has 1 fully saturated rings. The van der Waals surface area contributed by atoms with Crippen LogP contribution in [0, 0.1) is 5.92 Å². The molecule has 1 aromatic rings. The number of benzene rings is 1. The predicted molar refractivity (Wildman–Crippen MR) is 94.1 cm³/mol. The molecule has 1 aliphatic heterocycles. The van der Waals surface area contributed by atoms with Gasteiger partial charge in [-0.1, -0.05) is 36.4 Å². The summed E-state index contributed by atoms with van der Waals surface area (Å²) in [5, 5.41) is 2.86. The summed E-state index contributed by atoms with van der Waals surface area (Å²) >= 11 is 0. The molecule has 2 rings (SSSR count). The Bertz CT molecular complexity index is 533. The van der Waals surface area contributed by atoms with Crippen molar-refractivity contribution in [2.75, 3.05) is 26.2 Å². The van der Waals surface area contributed by atoms with Crippen LogP contribution in [0.15, 0.2) is 48.0 Å². The Morgan fingerprint density at radius 1 is 1.35 bits per heavy atom. The molecule has 0 atom stereocenters. The number of hydrogen-bond donors (Lipinski definition) is 2. The average Bonchev–Trinajstić information content (AvgIpc) is 2.59. The number of piperidine rings is 1. The van der Waals surface area contributed by atoms with Crippen LogP contribution >= 0.6 is 0 Å². The first-order valence-electron chi connectivity index (χ1n) is 8.15. The SMILES string of the molecule is C=CCNC(N)=NCC(=O)N1CCC(Cc2ccccc2)CC1. The Kier molecular flexibility index (Phi) is 6.66. The van der Waals surface area contributed by atoms with Crippen LogP contribution in [0.25, 0.3) is 0 Å². The van der Waals surface area contributed by atoms with Crippen molar-refractivity contribution < 1.29 is 4.79 Å². The smallest absolute Gasteiger partial charge is 0.244 e. The highest BCUT2D eigenvalue weighted by atomic mass is 16.2. The normalized spacial score (nSPS) is 16.2. The van der Waals surface area contributed by atoms with E-state index in [1.807, 2.05) is 11.0 Å². The third-order valence-electron chi connectivity index (χ3n) is 4.15. The molecule has 0 bridgehead atoms. The molecule has 5 nitrogen and oxygen atoms in total. The zero-order chi connectivity index (χ0) is 16.5. The number of nitrogens with zero attached hydrogens (tertiary/aromatic N) is 2. The van der Waals surface area contributed by atoms with Crippen LogP contribution in [0.4, 0.5) is 0 Å². The number of carbonyl (C=O) groups is 1. The maximum atomic E-state index is 12.2. The Balaban J connectivity index is 1.73. The van der Waals surface area contributed by atoms with Crippen LogP contribution in [0.5, 0.6) is 0 Å². The van der Waals surface area contributed by atoms with Crippen LogP contribution in [-0.4, -0.2) is 42.9 Å². The number of nitrogens with two attached hydrogens (primary N) is 1. The van der Waals surface area contributed by atoms with Gasteiger partial charge in [-0.2, -0.15) is 0 Å². The second-order valence-electron chi connectivity index (χ2n) is 5.88. The minimum atomic E-state index is 0.0477. The number of amides is 1. The van der Waals surface area contributed by atoms with Crippen molar-refractivity contribution >= 4 is 11.9 Å². The molecule has 0 radical (unpaired) electrons. The first-order valence-corrected chi connectivity index (χ1v) is 8.15. The minimum Gasteiger partial charge on any atom is -0.370 e. The standard InChI is InChI=1S/C18H26N4O/c1-2-10-20-18(19)21-14-17(23)22-11-8-16(9-12-22)13-15-6-4-3-5-7-15/h2-7,16H,1,8-14H2,(H3,19,20,21). The molecule has 1 aliphatic rings. The highest BCUT2D eigenvalue weighted by Crippen LogP contribution is 2.21. The summed E-state index contributed by atoms with van der Waals surface area (Å²) in [6.07, 6.45) is 4.89. The number of guanidine groups is 1. The zero-order valence-electron chi connectivity index (χ0n) is 13.6. The second kappa shape index (κ2) is 8.98. The van der Waals surface area contributed by atoms with Crippen molar-refractivity contribution in [1.82, 2.24) is 10.2 Å². The zero-order valence-corrected chi connectivity index (χ0v) is 13.6. The van der Waals surface area contributed by atoms with Crippen LogP contribution in [-0.2, 0) is 11.2 Å². The molecule has 1 amide bonds. The van der Waals surface area contributed by atoms with Crippen LogP contribution < -0.4 is 11.1 Å². The molecule has 1 saturated heterocycles. The lowest BCUT2D eigenvalue weighted by Crippen LogP contribution is -2.41. The van der Waals surface area contributed by atoms with Gasteiger partial charge in [-0.3, -0.25) is 4.79 Å². The summed E-state index contributed by atoms with van der Waals surface area (Å²) in [6, 6.07) is 10.5. The van der Waals surface area contributed by atoms with E-state index < -0.39 is 0 Å². The maximum absolute atomic E-state index is 12.2. The van der Waals surface area contributed by atoms with E-state index in [1.54, 1.807) is 6.08 Å². The quantitative estimate of drug-likeness (QED) is 0.475. The molecule has 124 valence electrons. The van der Waals surface area contributed by atoms with E-state index in [9.17, 15) is 4.79 Å². The lowest BCUT2D eigenvalue weighted by atomic mass is 9.90. The van der Waals surface area contributed by atoms with Gasteiger partial charge in [0.05, 0.1) is 0 Å². The Morgan fingerprint density at radius 3 is 2.70 bits per heavy atom. The monoisotopic (exact) mass is 314 g/mol. The van der Waals surface area contributed by atoms with Crippen molar-refractivity contribution in [2.45, 2.75) is 19.3 Å². The molecule has 0 aromatic heterocycles. The molecule has 0 saturated carbocycles. The van der Waals surface area contributed by atoms with E-state index in [-0.39, 0.29) is 18.4 Å². The fourth-order valence-electron chi connectivity index (χ4n) is 2.82. The van der Waals surface area contributed by atoms with Gasteiger partial charge in [0.1, 0.15) is 6.54 Å². The Morgan fingerprint density at radius 2 is 2.04 bits per heavy atom. The predicted octanol–water partition coefficient (Wildman–Crippen LogP) is 1.56. The first-order chi connectivity index (χ1) is 11.2. The summed E-state index contributed by atoms with van der Waals surface area (Å²) < 4.78 is 0. The molecule has 3 N–H and O–H groups in total. The van der Waals surface area contributed by atoms with Crippen molar-refractivity contribution in [3.8, 4) is 0 Å². The molecule has 1 heterocycles. The molecular weight excluding hydrogens is 288 g/mol. The second-order valence-corrected chi connectivity index (χ2v) is 5.88. The van der Waals surface area contributed by atoms with E-state index in [1.165, 1.54) is 5.56 Å². The highest BCUT2D eigenvalue weighted by molar-refractivity contribution is 5.84. The van der Waals surface area contributed by atoms with Gasteiger partial charge in [0.15, 0.2) is 5.96 Å². The van der Waals surface area contributed by atoms with Gasteiger partial charge in [-0.15, -0.1) is 6.58 Å². The fourth-order valence-corrected chi connectivity index (χ4v) is 2.82. The van der Waals surface area contributed by atoms with E-state index in [0.717, 1.165) is 32.4 Å². The van der Waals surface area contributed by atoms with E-state index >= 15 is 0 Å². The van der Waals surface area contributed by atoms with E-state index in [2.05, 4.69) is 41.2 Å². The lowest BCUT2D eigenvalue weighted by molar-refractivity contribution is -0.130. The van der Waals surface area contributed by atoms with Gasteiger partial charge in [0, 0.05) is 19.6 Å². The van der Waals surface area contributed by atoms with Gasteiger partial charge in [0.2, 0.25) is 5.91 Å². The number of nitrogens with one attached hydrogen (secondary N) is 1. The van der Waals surface area contributed by atoms with E-state index in [0.29, 0.717) is 12.5 Å². The van der Waals surface area contributed by atoms with Crippen molar-refractivity contribution in [2.24, 2.45) is 16.6 Å². The average molecular weight is 314 g/mol. The fraction of sp³-hybridized carbons (Fsp3) is 0.444. The summed E-state index contributed by atoms with van der Waals surface area (Å²) in [4.78, 5) is 18.1. The van der Waals surface area contributed by atoms with Gasteiger partial charge in [-0.25, -0.2) is 4.99 Å². The highest BCUT2D eigenvalue weighted by Gasteiger charge is 2.22. The number of hydrogen-bond acceptors (Lipinski definition) is 2. The lowest BCUT2D eigenvalue weighted by Gasteiger charge is -2.31. The van der Waals surface area contributed by atoms with Crippen molar-refractivity contribution in [1.29, 1.82) is 0 Å². The number of carbonyl (C=O) groups excluding carboxylic acids is 1. The molecular formula is C18H26N4O. The number of likely N-dealkylation sites (tertiary alicyclic amines) is 1. The van der Waals surface area contributed by atoms with Crippen LogP contribution in [0.1, 0.15) is 18.4 Å². The molecule has 0 unspecified atom stereocenters.